The minimum atomic E-state index is -0.900. The molecule has 2 amide bonds. The van der Waals surface area contributed by atoms with Gasteiger partial charge in [0.1, 0.15) is 6.04 Å². The Morgan fingerprint density at radius 3 is 1.98 bits per heavy atom. The van der Waals surface area contributed by atoms with Crippen LogP contribution in [0.2, 0.25) is 0 Å². The first-order valence-corrected chi connectivity index (χ1v) is 15.5. The molecule has 1 fully saturated rings. The second-order valence-electron chi connectivity index (χ2n) is 11.7. The van der Waals surface area contributed by atoms with Crippen LogP contribution in [0.3, 0.4) is 0 Å². The molecular weight excluding hydrogens is 496 g/mol. The van der Waals surface area contributed by atoms with Crippen molar-refractivity contribution < 1.29 is 14.7 Å². The number of nitrogens with one attached hydrogen (secondary N) is 2. The molecule has 3 N–H and O–H groups in total. The van der Waals surface area contributed by atoms with Gasteiger partial charge in [0, 0.05) is 12.5 Å². The van der Waals surface area contributed by atoms with Crippen LogP contribution in [-0.4, -0.2) is 35.6 Å². The van der Waals surface area contributed by atoms with Gasteiger partial charge in [0.05, 0.1) is 6.61 Å². The predicted molar refractivity (Wildman–Crippen MR) is 165 cm³/mol. The maximum Gasteiger partial charge on any atom is 0.245 e. The molecule has 1 aliphatic carbocycles. The zero-order valence-electron chi connectivity index (χ0n) is 23.7. The van der Waals surface area contributed by atoms with Gasteiger partial charge in [-0.2, -0.15) is 0 Å². The lowest BCUT2D eigenvalue weighted by atomic mass is 9.90. The number of hydrogen-bond donors (Lipinski definition) is 3. The van der Waals surface area contributed by atoms with Crippen LogP contribution in [0.5, 0.6) is 0 Å². The van der Waals surface area contributed by atoms with Gasteiger partial charge in [0.15, 0.2) is 0 Å². The molecule has 0 bridgehead atoms. The Balaban J connectivity index is 1.15. The molecular formula is C35H44N2O3. The van der Waals surface area contributed by atoms with Crippen molar-refractivity contribution in [2.24, 2.45) is 0 Å². The molecule has 0 aliphatic heterocycles. The average molecular weight is 541 g/mol. The molecule has 1 unspecified atom stereocenters. The molecule has 4 aromatic rings. The molecule has 5 nitrogen and oxygen atoms in total. The Morgan fingerprint density at radius 1 is 0.750 bits per heavy atom. The molecule has 0 aromatic heterocycles. The highest BCUT2D eigenvalue weighted by Crippen LogP contribution is 2.36. The summed E-state index contributed by atoms with van der Waals surface area (Å²) in [5.41, 5.74) is 1.23. The van der Waals surface area contributed by atoms with Crippen LogP contribution in [0, 0.1) is 0 Å². The predicted octanol–water partition coefficient (Wildman–Crippen LogP) is 7.17. The third kappa shape index (κ3) is 6.93. The molecule has 1 aliphatic rings. The molecule has 4 aromatic carbocycles. The van der Waals surface area contributed by atoms with E-state index in [-0.39, 0.29) is 24.5 Å². The van der Waals surface area contributed by atoms with E-state index >= 15 is 0 Å². The average Bonchev–Trinajstić information content (AvgIpc) is 2.96. The van der Waals surface area contributed by atoms with E-state index < -0.39 is 6.04 Å². The summed E-state index contributed by atoms with van der Waals surface area (Å²) in [4.78, 5) is 25.8. The molecule has 1 saturated carbocycles. The molecule has 40 heavy (non-hydrogen) atoms. The molecule has 0 heterocycles. The summed E-state index contributed by atoms with van der Waals surface area (Å²) < 4.78 is 0. The van der Waals surface area contributed by atoms with Crippen LogP contribution in [0.1, 0.15) is 89.0 Å². The van der Waals surface area contributed by atoms with Crippen molar-refractivity contribution in [3.8, 4) is 0 Å². The number of amides is 2. The molecule has 1 atom stereocenters. The minimum Gasteiger partial charge on any atom is -0.394 e. The van der Waals surface area contributed by atoms with E-state index in [2.05, 4.69) is 65.2 Å². The number of carbonyl (C=O) groups excluding carboxylic acids is 2. The zero-order valence-corrected chi connectivity index (χ0v) is 23.7. The summed E-state index contributed by atoms with van der Waals surface area (Å²) >= 11 is 0. The monoisotopic (exact) mass is 540 g/mol. The Kier molecular flexibility index (Phi) is 9.88. The number of aryl methyl sites for hydroxylation is 1. The van der Waals surface area contributed by atoms with Gasteiger partial charge in [-0.15, -0.1) is 0 Å². The van der Waals surface area contributed by atoms with Crippen molar-refractivity contribution in [1.82, 2.24) is 10.6 Å². The fourth-order valence-corrected chi connectivity index (χ4v) is 6.52. The number of aliphatic hydroxyl groups excluding tert-OH is 1. The van der Waals surface area contributed by atoms with E-state index in [1.807, 2.05) is 0 Å². The fraction of sp³-hybridized carbons (Fsp3) is 0.486. The van der Waals surface area contributed by atoms with Crippen molar-refractivity contribution in [1.29, 1.82) is 0 Å². The summed E-state index contributed by atoms with van der Waals surface area (Å²) in [5, 5.41) is 23.4. The maximum absolute atomic E-state index is 13.0. The fourth-order valence-electron chi connectivity index (χ4n) is 6.52. The number of hydrogen-bond acceptors (Lipinski definition) is 3. The first-order valence-electron chi connectivity index (χ1n) is 15.5. The quantitative estimate of drug-likeness (QED) is 0.207. The van der Waals surface area contributed by atoms with Crippen molar-refractivity contribution in [3.05, 3.63) is 60.2 Å². The number of rotatable bonds is 8. The van der Waals surface area contributed by atoms with Gasteiger partial charge in [-0.25, -0.2) is 0 Å². The third-order valence-corrected chi connectivity index (χ3v) is 8.75. The molecule has 212 valence electrons. The molecule has 5 rings (SSSR count). The van der Waals surface area contributed by atoms with Crippen LogP contribution in [0.25, 0.3) is 32.3 Å². The van der Waals surface area contributed by atoms with Gasteiger partial charge >= 0.3 is 0 Å². The van der Waals surface area contributed by atoms with Crippen molar-refractivity contribution in [2.45, 2.75) is 102 Å². The van der Waals surface area contributed by atoms with Gasteiger partial charge in [-0.05, 0) is 63.6 Å². The minimum absolute atomic E-state index is 0.118. The number of benzene rings is 4. The lowest BCUT2D eigenvalue weighted by Gasteiger charge is -2.23. The summed E-state index contributed by atoms with van der Waals surface area (Å²) in [6, 6.07) is 18.8. The van der Waals surface area contributed by atoms with Gasteiger partial charge in [0.2, 0.25) is 11.8 Å². The van der Waals surface area contributed by atoms with Crippen LogP contribution in [0.4, 0.5) is 0 Å². The third-order valence-electron chi connectivity index (χ3n) is 8.75. The highest BCUT2D eigenvalue weighted by molar-refractivity contribution is 6.23. The van der Waals surface area contributed by atoms with Gasteiger partial charge in [0.25, 0.3) is 0 Å². The van der Waals surface area contributed by atoms with E-state index in [0.717, 1.165) is 32.1 Å². The van der Waals surface area contributed by atoms with Crippen LogP contribution in [0.15, 0.2) is 54.6 Å². The van der Waals surface area contributed by atoms with E-state index in [1.54, 1.807) is 0 Å². The van der Waals surface area contributed by atoms with E-state index in [0.29, 0.717) is 12.8 Å². The first-order chi connectivity index (χ1) is 19.6. The topological polar surface area (TPSA) is 78.4 Å². The largest absolute Gasteiger partial charge is 0.394 e. The zero-order chi connectivity index (χ0) is 27.7. The SMILES string of the molecule is O=C(CCCc1ccc2ccc3cccc4ccc1c2c34)NC(CO)C(=O)NC1CCCCCCCCCCC1. The Bertz CT molecular complexity index is 1390. The van der Waals surface area contributed by atoms with Crippen molar-refractivity contribution in [2.75, 3.05) is 6.61 Å². The summed E-state index contributed by atoms with van der Waals surface area (Å²) in [6.45, 7) is -0.390. The number of aliphatic hydroxyl groups is 1. The van der Waals surface area contributed by atoms with Crippen LogP contribution < -0.4 is 10.6 Å². The van der Waals surface area contributed by atoms with Gasteiger partial charge in [-0.3, -0.25) is 9.59 Å². The highest BCUT2D eigenvalue weighted by atomic mass is 16.3. The van der Waals surface area contributed by atoms with Gasteiger partial charge in [-0.1, -0.05) is 112 Å². The van der Waals surface area contributed by atoms with E-state index in [9.17, 15) is 14.7 Å². The second kappa shape index (κ2) is 13.9. The standard InChI is InChI=1S/C35H44N2O3/c38-24-31(35(40)36-29-15-8-6-4-2-1-3-5-7-9-16-29)37-32(39)17-11-12-25-18-19-28-21-20-26-13-10-14-27-22-23-30(25)34(28)33(26)27/h10,13-14,18-23,29,31,38H,1-9,11-12,15-17,24H2,(H,36,40)(H,37,39). The summed E-state index contributed by atoms with van der Waals surface area (Å²) in [7, 11) is 0. The maximum atomic E-state index is 13.0. The van der Waals surface area contributed by atoms with Crippen molar-refractivity contribution in [3.63, 3.8) is 0 Å². The first kappa shape index (κ1) is 28.4. The Hall–Kier alpha value is -3.18. The normalized spacial score (nSPS) is 16.9. The van der Waals surface area contributed by atoms with Crippen LogP contribution >= 0.6 is 0 Å². The lowest BCUT2D eigenvalue weighted by Crippen LogP contribution is -2.51. The Morgan fingerprint density at radius 2 is 1.32 bits per heavy atom. The molecule has 0 saturated heterocycles. The van der Waals surface area contributed by atoms with E-state index in [4.69, 9.17) is 0 Å². The summed E-state index contributed by atoms with van der Waals surface area (Å²) in [5.74, 6) is -0.453. The van der Waals surface area contributed by atoms with Crippen molar-refractivity contribution >= 4 is 44.1 Å². The summed E-state index contributed by atoms with van der Waals surface area (Å²) in [6.07, 6.45) is 14.9. The van der Waals surface area contributed by atoms with Gasteiger partial charge < -0.3 is 15.7 Å². The number of carbonyl (C=O) groups is 2. The van der Waals surface area contributed by atoms with E-state index in [1.165, 1.54) is 82.8 Å². The smallest absolute Gasteiger partial charge is 0.245 e. The molecule has 0 spiro atoms. The molecule has 5 heteroatoms. The van der Waals surface area contributed by atoms with Crippen LogP contribution in [-0.2, 0) is 16.0 Å². The highest BCUT2D eigenvalue weighted by Gasteiger charge is 2.22. The Labute approximate surface area is 238 Å². The second-order valence-corrected chi connectivity index (χ2v) is 11.7. The lowest BCUT2D eigenvalue weighted by molar-refractivity contribution is -0.130. The molecule has 0 radical (unpaired) electrons.